The number of nitrogens with zero attached hydrogens (tertiary/aromatic N) is 1. The Morgan fingerprint density at radius 2 is 2.00 bits per heavy atom. The minimum atomic E-state index is 0. The minimum absolute atomic E-state index is 0. The second-order valence-electron chi connectivity index (χ2n) is 7.08. The summed E-state index contributed by atoms with van der Waals surface area (Å²) in [5, 5.41) is 7.57. The molecule has 2 N–H and O–H groups in total. The lowest BCUT2D eigenvalue weighted by Gasteiger charge is -2.21. The van der Waals surface area contributed by atoms with Crippen LogP contribution in [-0.4, -0.2) is 30.7 Å². The first-order chi connectivity index (χ1) is 13.2. The number of halogens is 1. The molecule has 0 atom stereocenters. The molecule has 3 aromatic rings. The van der Waals surface area contributed by atoms with Gasteiger partial charge in [0.15, 0.2) is 0 Å². The summed E-state index contributed by atoms with van der Waals surface area (Å²) in [7, 11) is 1.68. The van der Waals surface area contributed by atoms with Crippen molar-refractivity contribution in [2.24, 2.45) is 5.92 Å². The van der Waals surface area contributed by atoms with Crippen molar-refractivity contribution in [3.05, 3.63) is 60.3 Å². The number of fused-ring (bicyclic) bond motifs is 1. The lowest BCUT2D eigenvalue weighted by molar-refractivity contribution is -0.120. The summed E-state index contributed by atoms with van der Waals surface area (Å²) < 4.78 is 7.52. The Morgan fingerprint density at radius 1 is 1.18 bits per heavy atom. The summed E-state index contributed by atoms with van der Waals surface area (Å²) in [5.74, 6) is 1.09. The summed E-state index contributed by atoms with van der Waals surface area (Å²) in [6.45, 7) is 2.59. The molecule has 1 aliphatic heterocycles. The average molecular weight is 400 g/mol. The monoisotopic (exact) mass is 399 g/mol. The molecule has 6 heteroatoms. The van der Waals surface area contributed by atoms with Gasteiger partial charge in [-0.1, -0.05) is 18.2 Å². The molecule has 5 nitrogen and oxygen atoms in total. The van der Waals surface area contributed by atoms with Gasteiger partial charge in [0, 0.05) is 24.3 Å². The van der Waals surface area contributed by atoms with Crippen molar-refractivity contribution in [1.82, 2.24) is 9.88 Å². The first-order valence-corrected chi connectivity index (χ1v) is 9.46. The van der Waals surface area contributed by atoms with Crippen molar-refractivity contribution < 1.29 is 9.53 Å². The highest BCUT2D eigenvalue weighted by molar-refractivity contribution is 5.95. The molecular weight excluding hydrogens is 374 g/mol. The van der Waals surface area contributed by atoms with E-state index < -0.39 is 0 Å². The third-order valence-corrected chi connectivity index (χ3v) is 5.24. The van der Waals surface area contributed by atoms with Crippen LogP contribution in [0.3, 0.4) is 0 Å². The van der Waals surface area contributed by atoms with Gasteiger partial charge < -0.3 is 19.9 Å². The number of nitrogens with one attached hydrogen (secondary N) is 2. The van der Waals surface area contributed by atoms with E-state index in [9.17, 15) is 4.79 Å². The molecule has 28 heavy (non-hydrogen) atoms. The number of rotatable bonds is 5. The van der Waals surface area contributed by atoms with Gasteiger partial charge in [0.2, 0.25) is 5.91 Å². The van der Waals surface area contributed by atoms with Crippen molar-refractivity contribution in [2.75, 3.05) is 25.5 Å². The molecule has 1 aliphatic rings. The smallest absolute Gasteiger partial charge is 0.227 e. The van der Waals surface area contributed by atoms with Crippen LogP contribution in [0.1, 0.15) is 18.4 Å². The second-order valence-corrected chi connectivity index (χ2v) is 7.08. The van der Waals surface area contributed by atoms with Gasteiger partial charge in [-0.3, -0.25) is 4.79 Å². The molecule has 4 rings (SSSR count). The number of amides is 1. The molecule has 0 spiro atoms. The topological polar surface area (TPSA) is 55.3 Å². The van der Waals surface area contributed by atoms with Crippen LogP contribution in [0.2, 0.25) is 0 Å². The first-order valence-electron chi connectivity index (χ1n) is 9.46. The van der Waals surface area contributed by atoms with E-state index in [0.717, 1.165) is 54.8 Å². The van der Waals surface area contributed by atoms with E-state index in [1.54, 1.807) is 7.11 Å². The van der Waals surface area contributed by atoms with Crippen LogP contribution < -0.4 is 15.4 Å². The van der Waals surface area contributed by atoms with E-state index in [0.29, 0.717) is 0 Å². The van der Waals surface area contributed by atoms with E-state index in [1.165, 1.54) is 5.56 Å². The number of anilines is 1. The van der Waals surface area contributed by atoms with E-state index >= 15 is 0 Å². The van der Waals surface area contributed by atoms with Gasteiger partial charge in [-0.15, -0.1) is 12.4 Å². The first kappa shape index (κ1) is 20.2. The van der Waals surface area contributed by atoms with E-state index in [-0.39, 0.29) is 24.2 Å². The Hall–Kier alpha value is -2.50. The van der Waals surface area contributed by atoms with Crippen LogP contribution in [0, 0.1) is 5.92 Å². The van der Waals surface area contributed by atoms with Gasteiger partial charge in [-0.05, 0) is 67.2 Å². The Bertz CT molecular complexity index is 948. The number of hydrogen-bond acceptors (Lipinski definition) is 3. The lowest BCUT2D eigenvalue weighted by atomic mass is 9.97. The summed E-state index contributed by atoms with van der Waals surface area (Å²) >= 11 is 0. The van der Waals surface area contributed by atoms with Crippen LogP contribution in [0.4, 0.5) is 5.69 Å². The molecule has 1 fully saturated rings. The van der Waals surface area contributed by atoms with Crippen molar-refractivity contribution in [2.45, 2.75) is 19.4 Å². The van der Waals surface area contributed by atoms with Gasteiger partial charge >= 0.3 is 0 Å². The molecule has 2 heterocycles. The molecule has 0 unspecified atom stereocenters. The van der Waals surface area contributed by atoms with Crippen LogP contribution in [0.25, 0.3) is 10.9 Å². The van der Waals surface area contributed by atoms with E-state index in [2.05, 4.69) is 51.7 Å². The van der Waals surface area contributed by atoms with Crippen LogP contribution in [-0.2, 0) is 11.3 Å². The fraction of sp³-hybridized carbons (Fsp3) is 0.318. The summed E-state index contributed by atoms with van der Waals surface area (Å²) in [5.41, 5.74) is 3.15. The number of ether oxygens (including phenoxy) is 1. The number of aromatic nitrogens is 1. The summed E-state index contributed by atoms with van der Waals surface area (Å²) in [6.07, 6.45) is 3.89. The fourth-order valence-electron chi connectivity index (χ4n) is 3.70. The standard InChI is InChI=1S/C22H25N3O2.ClH/c1-27-20-4-2-3-16(13-20)15-25-12-9-17-5-6-19(14-21(17)25)24-22(26)18-7-10-23-11-8-18;/h2-6,9,12-14,18,23H,7-8,10-11,15H2,1H3,(H,24,26);1H. The Labute approximate surface area is 171 Å². The zero-order chi connectivity index (χ0) is 18.6. The van der Waals surface area contributed by atoms with Crippen LogP contribution in [0.15, 0.2) is 54.7 Å². The van der Waals surface area contributed by atoms with Crippen molar-refractivity contribution in [3.63, 3.8) is 0 Å². The maximum Gasteiger partial charge on any atom is 0.227 e. The quantitative estimate of drug-likeness (QED) is 0.680. The van der Waals surface area contributed by atoms with Crippen LogP contribution >= 0.6 is 12.4 Å². The highest BCUT2D eigenvalue weighted by atomic mass is 35.5. The van der Waals surface area contributed by atoms with E-state index in [4.69, 9.17) is 4.74 Å². The molecule has 1 aromatic heterocycles. The Kier molecular flexibility index (Phi) is 6.60. The Morgan fingerprint density at radius 3 is 2.79 bits per heavy atom. The predicted octanol–water partition coefficient (Wildman–Crippen LogP) is 4.06. The second kappa shape index (κ2) is 9.13. The molecule has 148 valence electrons. The maximum atomic E-state index is 12.5. The van der Waals surface area contributed by atoms with Crippen molar-refractivity contribution in [3.8, 4) is 5.75 Å². The molecule has 0 radical (unpaired) electrons. The molecule has 0 bridgehead atoms. The highest BCUT2D eigenvalue weighted by Crippen LogP contribution is 2.24. The number of piperidine rings is 1. The molecule has 0 saturated carbocycles. The lowest BCUT2D eigenvalue weighted by Crippen LogP contribution is -2.34. The Balaban J connectivity index is 0.00000225. The van der Waals surface area contributed by atoms with Gasteiger partial charge in [0.25, 0.3) is 0 Å². The number of carbonyl (C=O) groups is 1. The van der Waals surface area contributed by atoms with Crippen molar-refractivity contribution in [1.29, 1.82) is 0 Å². The predicted molar refractivity (Wildman–Crippen MR) is 116 cm³/mol. The van der Waals surface area contributed by atoms with E-state index in [1.807, 2.05) is 18.2 Å². The fourth-order valence-corrected chi connectivity index (χ4v) is 3.70. The molecule has 2 aromatic carbocycles. The van der Waals surface area contributed by atoms with Crippen molar-refractivity contribution >= 4 is 34.9 Å². The maximum absolute atomic E-state index is 12.5. The SMILES string of the molecule is COc1cccc(Cn2ccc3ccc(NC(=O)C4CCNCC4)cc32)c1.Cl. The average Bonchev–Trinajstić information content (AvgIpc) is 3.11. The molecule has 1 amide bonds. The number of benzene rings is 2. The van der Waals surface area contributed by atoms with Gasteiger partial charge in [-0.25, -0.2) is 0 Å². The zero-order valence-corrected chi connectivity index (χ0v) is 16.8. The highest BCUT2D eigenvalue weighted by Gasteiger charge is 2.21. The summed E-state index contributed by atoms with van der Waals surface area (Å²) in [4.78, 5) is 12.5. The largest absolute Gasteiger partial charge is 0.497 e. The van der Waals surface area contributed by atoms with Gasteiger partial charge in [-0.2, -0.15) is 0 Å². The van der Waals surface area contributed by atoms with Gasteiger partial charge in [0.1, 0.15) is 5.75 Å². The molecule has 0 aliphatic carbocycles. The van der Waals surface area contributed by atoms with Gasteiger partial charge in [0.05, 0.1) is 12.6 Å². The summed E-state index contributed by atoms with van der Waals surface area (Å²) in [6, 6.07) is 16.3. The molecule has 1 saturated heterocycles. The normalized spacial score (nSPS) is 14.5. The number of carbonyl (C=O) groups excluding carboxylic acids is 1. The third-order valence-electron chi connectivity index (χ3n) is 5.24. The minimum Gasteiger partial charge on any atom is -0.497 e. The number of hydrogen-bond donors (Lipinski definition) is 2. The van der Waals surface area contributed by atoms with Crippen LogP contribution in [0.5, 0.6) is 5.75 Å². The third kappa shape index (κ3) is 4.49. The zero-order valence-electron chi connectivity index (χ0n) is 16.0. The number of methoxy groups -OCH3 is 1. The molecular formula is C22H26ClN3O2.